The molecule has 1 saturated heterocycles. The van der Waals surface area contributed by atoms with E-state index in [1.165, 1.54) is 0 Å². The van der Waals surface area contributed by atoms with E-state index in [1.54, 1.807) is 37.3 Å². The molecule has 0 aromatic heterocycles. The monoisotopic (exact) mass is 399 g/mol. The molecule has 0 spiro atoms. The summed E-state index contributed by atoms with van der Waals surface area (Å²) in [6.07, 6.45) is 0. The number of rotatable bonds is 5. The fourth-order valence-electron chi connectivity index (χ4n) is 3.14. The third-order valence-electron chi connectivity index (χ3n) is 4.84. The predicted octanol–water partition coefficient (Wildman–Crippen LogP) is 3.87. The van der Waals surface area contributed by atoms with Crippen molar-refractivity contribution in [1.29, 1.82) is 0 Å². The van der Waals surface area contributed by atoms with Gasteiger partial charge in [-0.25, -0.2) is 4.79 Å². The maximum absolute atomic E-state index is 12.9. The standard InChI is InChI=1S/C21H22ClN3O3/c1-13(2)14-5-4-6-17(11-14)23-18(26)12-25-19(27)21(3,24-20(25)28)15-7-9-16(22)10-8-15/h4-11,13H,12H2,1-3H3,(H,23,26)(H,24,28). The summed E-state index contributed by atoms with van der Waals surface area (Å²) in [5, 5.41) is 5.95. The van der Waals surface area contributed by atoms with Crippen molar-refractivity contribution in [2.24, 2.45) is 0 Å². The van der Waals surface area contributed by atoms with Gasteiger partial charge < -0.3 is 10.6 Å². The minimum atomic E-state index is -1.24. The Hall–Kier alpha value is -2.86. The Balaban J connectivity index is 1.73. The highest BCUT2D eigenvalue weighted by Gasteiger charge is 2.49. The quantitative estimate of drug-likeness (QED) is 0.749. The molecule has 0 bridgehead atoms. The Labute approximate surface area is 168 Å². The number of nitrogens with one attached hydrogen (secondary N) is 2. The first-order valence-electron chi connectivity index (χ1n) is 9.00. The molecular weight excluding hydrogens is 378 g/mol. The summed E-state index contributed by atoms with van der Waals surface area (Å²) in [6, 6.07) is 13.6. The molecule has 1 aliphatic heterocycles. The van der Waals surface area contributed by atoms with Crippen LogP contribution in [0.15, 0.2) is 48.5 Å². The van der Waals surface area contributed by atoms with E-state index < -0.39 is 23.4 Å². The molecule has 1 atom stereocenters. The van der Waals surface area contributed by atoms with Crippen molar-refractivity contribution >= 4 is 35.1 Å². The summed E-state index contributed by atoms with van der Waals surface area (Å²) in [4.78, 5) is 38.6. The number of hydrogen-bond donors (Lipinski definition) is 2. The summed E-state index contributed by atoms with van der Waals surface area (Å²) < 4.78 is 0. The summed E-state index contributed by atoms with van der Waals surface area (Å²) in [6.45, 7) is 5.37. The minimum Gasteiger partial charge on any atom is -0.325 e. The van der Waals surface area contributed by atoms with Crippen LogP contribution in [-0.2, 0) is 15.1 Å². The van der Waals surface area contributed by atoms with Crippen LogP contribution in [0.4, 0.5) is 10.5 Å². The average Bonchev–Trinajstić information content (AvgIpc) is 2.86. The first-order chi connectivity index (χ1) is 13.2. The van der Waals surface area contributed by atoms with Crippen LogP contribution in [0, 0.1) is 0 Å². The van der Waals surface area contributed by atoms with Gasteiger partial charge in [-0.05, 0) is 48.2 Å². The lowest BCUT2D eigenvalue weighted by atomic mass is 9.92. The van der Waals surface area contributed by atoms with Gasteiger partial charge in [0.25, 0.3) is 5.91 Å². The molecule has 3 rings (SSSR count). The summed E-state index contributed by atoms with van der Waals surface area (Å²) in [7, 11) is 0. The fourth-order valence-corrected chi connectivity index (χ4v) is 3.27. The Kier molecular flexibility index (Phi) is 5.42. The molecule has 1 unspecified atom stereocenters. The van der Waals surface area contributed by atoms with Crippen molar-refractivity contribution in [1.82, 2.24) is 10.2 Å². The number of carbonyl (C=O) groups is 3. The molecule has 28 heavy (non-hydrogen) atoms. The lowest BCUT2D eigenvalue weighted by Gasteiger charge is -2.22. The average molecular weight is 400 g/mol. The zero-order valence-corrected chi connectivity index (χ0v) is 16.7. The van der Waals surface area contributed by atoms with Crippen LogP contribution in [-0.4, -0.2) is 29.3 Å². The van der Waals surface area contributed by atoms with E-state index in [1.807, 2.05) is 18.2 Å². The number of halogens is 1. The summed E-state index contributed by atoms with van der Waals surface area (Å²) in [5.74, 6) is -0.599. The minimum absolute atomic E-state index is 0.322. The van der Waals surface area contributed by atoms with Gasteiger partial charge in [0.1, 0.15) is 12.1 Å². The van der Waals surface area contributed by atoms with Gasteiger partial charge in [0.15, 0.2) is 0 Å². The SMILES string of the molecule is CC(C)c1cccc(NC(=O)CN2C(=O)NC(C)(c3ccc(Cl)cc3)C2=O)c1. The Morgan fingerprint density at radius 2 is 1.86 bits per heavy atom. The molecule has 0 aliphatic carbocycles. The number of amides is 4. The molecule has 1 aliphatic rings. The number of urea groups is 1. The Bertz CT molecular complexity index is 927. The molecule has 0 radical (unpaired) electrons. The van der Waals surface area contributed by atoms with Crippen LogP contribution in [0.5, 0.6) is 0 Å². The zero-order valence-electron chi connectivity index (χ0n) is 16.0. The normalized spacial score (nSPS) is 19.1. The second-order valence-corrected chi connectivity index (χ2v) is 7.72. The molecule has 2 aromatic rings. The van der Waals surface area contributed by atoms with E-state index in [0.29, 0.717) is 22.2 Å². The van der Waals surface area contributed by atoms with Gasteiger partial charge in [0.05, 0.1) is 0 Å². The number of hydrogen-bond acceptors (Lipinski definition) is 3. The lowest BCUT2D eigenvalue weighted by molar-refractivity contribution is -0.133. The maximum atomic E-state index is 12.9. The number of imide groups is 1. The second kappa shape index (κ2) is 7.64. The molecule has 2 N–H and O–H groups in total. The van der Waals surface area contributed by atoms with Gasteiger partial charge in [0.2, 0.25) is 5.91 Å². The third kappa shape index (κ3) is 3.87. The van der Waals surface area contributed by atoms with Crippen LogP contribution in [0.2, 0.25) is 5.02 Å². The number of benzene rings is 2. The van der Waals surface area contributed by atoms with Gasteiger partial charge in [-0.1, -0.05) is 49.7 Å². The lowest BCUT2D eigenvalue weighted by Crippen LogP contribution is -2.42. The Morgan fingerprint density at radius 3 is 2.50 bits per heavy atom. The second-order valence-electron chi connectivity index (χ2n) is 7.28. The van der Waals surface area contributed by atoms with Crippen molar-refractivity contribution in [3.63, 3.8) is 0 Å². The highest BCUT2D eigenvalue weighted by Crippen LogP contribution is 2.29. The van der Waals surface area contributed by atoms with Gasteiger partial charge >= 0.3 is 6.03 Å². The summed E-state index contributed by atoms with van der Waals surface area (Å²) >= 11 is 5.90. The van der Waals surface area contributed by atoms with Crippen molar-refractivity contribution in [3.8, 4) is 0 Å². The van der Waals surface area contributed by atoms with Crippen molar-refractivity contribution in [2.75, 3.05) is 11.9 Å². The Morgan fingerprint density at radius 1 is 1.18 bits per heavy atom. The molecule has 2 aromatic carbocycles. The summed E-state index contributed by atoms with van der Waals surface area (Å²) in [5.41, 5.74) is 1.08. The largest absolute Gasteiger partial charge is 0.325 e. The molecule has 6 nitrogen and oxygen atoms in total. The van der Waals surface area contributed by atoms with Gasteiger partial charge in [0, 0.05) is 10.7 Å². The molecule has 0 saturated carbocycles. The van der Waals surface area contributed by atoms with Gasteiger partial charge in [-0.2, -0.15) is 0 Å². The fraction of sp³-hybridized carbons (Fsp3) is 0.286. The molecule has 146 valence electrons. The van der Waals surface area contributed by atoms with Crippen molar-refractivity contribution in [3.05, 3.63) is 64.7 Å². The van der Waals surface area contributed by atoms with E-state index in [-0.39, 0.29) is 6.54 Å². The molecule has 1 fully saturated rings. The highest BCUT2D eigenvalue weighted by atomic mass is 35.5. The number of nitrogens with zero attached hydrogens (tertiary/aromatic N) is 1. The first kappa shape index (κ1) is 19.9. The van der Waals surface area contributed by atoms with Crippen LogP contribution in [0.25, 0.3) is 0 Å². The van der Waals surface area contributed by atoms with Gasteiger partial charge in [-0.3, -0.25) is 14.5 Å². The zero-order chi connectivity index (χ0) is 20.5. The maximum Gasteiger partial charge on any atom is 0.325 e. The third-order valence-corrected chi connectivity index (χ3v) is 5.09. The van der Waals surface area contributed by atoms with Crippen LogP contribution >= 0.6 is 11.6 Å². The van der Waals surface area contributed by atoms with Crippen LogP contribution in [0.3, 0.4) is 0 Å². The van der Waals surface area contributed by atoms with E-state index in [0.717, 1.165) is 10.5 Å². The number of carbonyl (C=O) groups excluding carboxylic acids is 3. The van der Waals surface area contributed by atoms with Crippen molar-refractivity contribution in [2.45, 2.75) is 32.2 Å². The molecular formula is C21H22ClN3O3. The molecule has 1 heterocycles. The van der Waals surface area contributed by atoms with Gasteiger partial charge in [-0.15, -0.1) is 0 Å². The molecule has 4 amide bonds. The number of anilines is 1. The highest BCUT2D eigenvalue weighted by molar-refractivity contribution is 6.30. The smallest absolute Gasteiger partial charge is 0.325 e. The van der Waals surface area contributed by atoms with E-state index >= 15 is 0 Å². The van der Waals surface area contributed by atoms with Crippen molar-refractivity contribution < 1.29 is 14.4 Å². The van der Waals surface area contributed by atoms with E-state index in [9.17, 15) is 14.4 Å². The predicted molar refractivity (Wildman–Crippen MR) is 108 cm³/mol. The first-order valence-corrected chi connectivity index (χ1v) is 9.38. The van der Waals surface area contributed by atoms with E-state index in [2.05, 4.69) is 24.5 Å². The molecule has 7 heteroatoms. The van der Waals surface area contributed by atoms with Crippen LogP contribution in [0.1, 0.15) is 37.8 Å². The topological polar surface area (TPSA) is 78.5 Å². The van der Waals surface area contributed by atoms with Crippen LogP contribution < -0.4 is 10.6 Å². The van der Waals surface area contributed by atoms with E-state index in [4.69, 9.17) is 11.6 Å².